The predicted molar refractivity (Wildman–Crippen MR) is 77.3 cm³/mol. The Morgan fingerprint density at radius 2 is 1.89 bits per heavy atom. The zero-order chi connectivity index (χ0) is 13.7. The molecule has 0 fully saturated rings. The third kappa shape index (κ3) is 3.52. The van der Waals surface area contributed by atoms with Crippen molar-refractivity contribution in [3.05, 3.63) is 65.7 Å². The minimum absolute atomic E-state index is 0.331. The van der Waals surface area contributed by atoms with E-state index in [-0.39, 0.29) is 5.92 Å². The number of benzene rings is 2. The van der Waals surface area contributed by atoms with E-state index in [1.54, 1.807) is 0 Å². The van der Waals surface area contributed by atoms with E-state index >= 15 is 0 Å². The van der Waals surface area contributed by atoms with Crippen LogP contribution in [0.2, 0.25) is 0 Å². The molecule has 0 aliphatic carbocycles. The smallest absolute Gasteiger partial charge is 0.0831 e. The van der Waals surface area contributed by atoms with Gasteiger partial charge in [-0.3, -0.25) is 4.21 Å². The summed E-state index contributed by atoms with van der Waals surface area (Å²) in [5.74, 6) is 0.00629. The monoisotopic (exact) mass is 269 g/mol. The highest BCUT2D eigenvalue weighted by Gasteiger charge is 2.15. The maximum atomic E-state index is 12.3. The average Bonchev–Trinajstić information content (AvgIpc) is 2.45. The minimum Gasteiger partial charge on any atom is -0.254 e. The summed E-state index contributed by atoms with van der Waals surface area (Å²) in [5, 5.41) is 9.25. The van der Waals surface area contributed by atoms with Gasteiger partial charge in [0, 0.05) is 10.6 Å². The lowest BCUT2D eigenvalue weighted by Crippen LogP contribution is -2.08. The SMILES string of the molecule is Cc1cccc(S(=O)CC(C#N)c2ccccc2)c1. The van der Waals surface area contributed by atoms with Gasteiger partial charge in [0.25, 0.3) is 0 Å². The number of nitrogens with zero attached hydrogens (tertiary/aromatic N) is 1. The summed E-state index contributed by atoms with van der Waals surface area (Å²) in [7, 11) is -1.15. The van der Waals surface area contributed by atoms with Crippen LogP contribution in [0.15, 0.2) is 59.5 Å². The molecule has 2 unspecified atom stereocenters. The lowest BCUT2D eigenvalue weighted by Gasteiger charge is -2.09. The molecule has 0 aromatic heterocycles. The zero-order valence-electron chi connectivity index (χ0n) is 10.7. The van der Waals surface area contributed by atoms with Crippen molar-refractivity contribution in [3.63, 3.8) is 0 Å². The standard InChI is InChI=1S/C16H15NOS/c1-13-6-5-9-16(10-13)19(18)12-15(11-17)14-7-3-2-4-8-14/h2-10,15H,12H2,1H3. The number of aryl methyl sites for hydroxylation is 1. The third-order valence-corrected chi connectivity index (χ3v) is 4.34. The maximum Gasteiger partial charge on any atom is 0.0831 e. The summed E-state index contributed by atoms with van der Waals surface area (Å²) in [6, 6.07) is 19.4. The molecule has 0 saturated heterocycles. The molecule has 0 radical (unpaired) electrons. The molecule has 2 nitrogen and oxygen atoms in total. The first-order valence-electron chi connectivity index (χ1n) is 6.10. The van der Waals surface area contributed by atoms with Gasteiger partial charge in [-0.25, -0.2) is 0 Å². The molecule has 0 spiro atoms. The van der Waals surface area contributed by atoms with Crippen molar-refractivity contribution in [3.8, 4) is 6.07 Å². The van der Waals surface area contributed by atoms with E-state index in [2.05, 4.69) is 6.07 Å². The van der Waals surface area contributed by atoms with Crippen LogP contribution in [0.5, 0.6) is 0 Å². The van der Waals surface area contributed by atoms with Crippen molar-refractivity contribution in [2.45, 2.75) is 17.7 Å². The van der Waals surface area contributed by atoms with Crippen LogP contribution in [0, 0.1) is 18.3 Å². The normalized spacial score (nSPS) is 13.5. The van der Waals surface area contributed by atoms with Crippen molar-refractivity contribution in [1.29, 1.82) is 5.26 Å². The Kier molecular flexibility index (Phi) is 4.48. The molecule has 2 rings (SSSR count). The summed E-state index contributed by atoms with van der Waals surface area (Å²) in [5.41, 5.74) is 2.00. The Balaban J connectivity index is 2.16. The average molecular weight is 269 g/mol. The highest BCUT2D eigenvalue weighted by atomic mass is 32.2. The van der Waals surface area contributed by atoms with E-state index in [1.807, 2.05) is 61.5 Å². The van der Waals surface area contributed by atoms with Crippen molar-refractivity contribution in [2.75, 3.05) is 5.75 Å². The largest absolute Gasteiger partial charge is 0.254 e. The van der Waals surface area contributed by atoms with E-state index in [0.29, 0.717) is 5.75 Å². The second-order valence-electron chi connectivity index (χ2n) is 4.42. The molecule has 0 N–H and O–H groups in total. The van der Waals surface area contributed by atoms with Gasteiger partial charge < -0.3 is 0 Å². The first kappa shape index (κ1) is 13.5. The Morgan fingerprint density at radius 1 is 1.16 bits per heavy atom. The van der Waals surface area contributed by atoms with Gasteiger partial charge in [-0.15, -0.1) is 0 Å². The molecule has 0 aliphatic rings. The summed E-state index contributed by atoms with van der Waals surface area (Å²) in [6.45, 7) is 1.97. The van der Waals surface area contributed by atoms with E-state index < -0.39 is 10.8 Å². The number of nitriles is 1. The fraction of sp³-hybridized carbons (Fsp3) is 0.188. The highest BCUT2D eigenvalue weighted by molar-refractivity contribution is 7.85. The molecule has 2 aromatic carbocycles. The van der Waals surface area contributed by atoms with Gasteiger partial charge in [-0.1, -0.05) is 42.5 Å². The van der Waals surface area contributed by atoms with Crippen LogP contribution >= 0.6 is 0 Å². The van der Waals surface area contributed by atoms with E-state index in [0.717, 1.165) is 16.0 Å². The Morgan fingerprint density at radius 3 is 2.53 bits per heavy atom. The quantitative estimate of drug-likeness (QED) is 0.853. The van der Waals surface area contributed by atoms with Crippen molar-refractivity contribution >= 4 is 10.8 Å². The molecule has 3 heteroatoms. The minimum atomic E-state index is -1.15. The van der Waals surface area contributed by atoms with E-state index in [4.69, 9.17) is 0 Å². The van der Waals surface area contributed by atoms with Crippen LogP contribution in [0.3, 0.4) is 0 Å². The van der Waals surface area contributed by atoms with Crippen LogP contribution in [0.1, 0.15) is 17.0 Å². The molecule has 2 aromatic rings. The first-order valence-corrected chi connectivity index (χ1v) is 7.42. The van der Waals surface area contributed by atoms with Crippen LogP contribution in [-0.4, -0.2) is 9.96 Å². The van der Waals surface area contributed by atoms with Crippen LogP contribution in [-0.2, 0) is 10.8 Å². The molecular weight excluding hydrogens is 254 g/mol. The number of hydrogen-bond donors (Lipinski definition) is 0. The van der Waals surface area contributed by atoms with Crippen molar-refractivity contribution in [2.24, 2.45) is 0 Å². The number of rotatable bonds is 4. The highest BCUT2D eigenvalue weighted by Crippen LogP contribution is 2.19. The zero-order valence-corrected chi connectivity index (χ0v) is 11.6. The Hall–Kier alpha value is -1.92. The second-order valence-corrected chi connectivity index (χ2v) is 5.92. The Bertz CT molecular complexity index is 616. The third-order valence-electron chi connectivity index (χ3n) is 2.93. The van der Waals surface area contributed by atoms with Crippen molar-refractivity contribution in [1.82, 2.24) is 0 Å². The van der Waals surface area contributed by atoms with E-state index in [9.17, 15) is 9.47 Å². The maximum absolute atomic E-state index is 12.3. The van der Waals surface area contributed by atoms with Gasteiger partial charge in [0.15, 0.2) is 0 Å². The van der Waals surface area contributed by atoms with Gasteiger partial charge in [-0.2, -0.15) is 5.26 Å². The summed E-state index contributed by atoms with van der Waals surface area (Å²) in [4.78, 5) is 0.788. The molecule has 0 aliphatic heterocycles. The molecule has 0 saturated carbocycles. The van der Waals surface area contributed by atoms with Gasteiger partial charge in [0.2, 0.25) is 0 Å². The fourth-order valence-electron chi connectivity index (χ4n) is 1.90. The fourth-order valence-corrected chi connectivity index (χ4v) is 3.21. The van der Waals surface area contributed by atoms with Gasteiger partial charge >= 0.3 is 0 Å². The molecule has 19 heavy (non-hydrogen) atoms. The molecule has 2 atom stereocenters. The van der Waals surface area contributed by atoms with Crippen LogP contribution in [0.4, 0.5) is 0 Å². The Labute approximate surface area is 116 Å². The topological polar surface area (TPSA) is 40.9 Å². The lowest BCUT2D eigenvalue weighted by molar-refractivity contribution is 0.680. The predicted octanol–water partition coefficient (Wildman–Crippen LogP) is 3.41. The van der Waals surface area contributed by atoms with Gasteiger partial charge in [-0.05, 0) is 30.2 Å². The second kappa shape index (κ2) is 6.31. The molecule has 0 amide bonds. The van der Waals surface area contributed by atoms with Crippen LogP contribution < -0.4 is 0 Å². The van der Waals surface area contributed by atoms with Gasteiger partial charge in [0.05, 0.1) is 22.8 Å². The van der Waals surface area contributed by atoms with E-state index in [1.165, 1.54) is 0 Å². The molecule has 0 bridgehead atoms. The summed E-state index contributed by atoms with van der Waals surface area (Å²) in [6.07, 6.45) is 0. The lowest BCUT2D eigenvalue weighted by atomic mass is 10.0. The van der Waals surface area contributed by atoms with Gasteiger partial charge in [0.1, 0.15) is 0 Å². The van der Waals surface area contributed by atoms with Crippen molar-refractivity contribution < 1.29 is 4.21 Å². The first-order chi connectivity index (χ1) is 9.20. The number of hydrogen-bond acceptors (Lipinski definition) is 2. The van der Waals surface area contributed by atoms with Crippen LogP contribution in [0.25, 0.3) is 0 Å². The summed E-state index contributed by atoms with van der Waals surface area (Å²) >= 11 is 0. The summed E-state index contributed by atoms with van der Waals surface area (Å²) < 4.78 is 12.3. The molecular formula is C16H15NOS. The molecule has 0 heterocycles. The molecule has 96 valence electrons.